The second-order valence-electron chi connectivity index (χ2n) is 5.83. The standard InChI is InChI=1S/C20H25N3O3/c1-4-25-17-11-13(3)10-15(12-17)18(20(24)26-5-2)23-16-8-6-14(7-9-16)19(21)22/h6-12,18,23H,4-5H2,1-3H3,(H3,21,22). The number of carbonyl (C=O) groups is 1. The molecule has 6 heteroatoms. The summed E-state index contributed by atoms with van der Waals surface area (Å²) >= 11 is 0. The smallest absolute Gasteiger partial charge is 0.333 e. The SMILES string of the molecule is CCOC(=O)C(Nc1ccc(C(=N)N)cc1)c1cc(C)cc(OCC)c1. The molecule has 0 bridgehead atoms. The van der Waals surface area contributed by atoms with Crippen LogP contribution in [0.1, 0.15) is 36.6 Å². The molecule has 2 aromatic carbocycles. The van der Waals surface area contributed by atoms with E-state index in [2.05, 4.69) is 5.32 Å². The average Bonchev–Trinajstić information content (AvgIpc) is 2.60. The van der Waals surface area contributed by atoms with Gasteiger partial charge in [-0.05, 0) is 68.3 Å². The molecule has 0 aliphatic heterocycles. The molecule has 0 spiro atoms. The maximum absolute atomic E-state index is 12.5. The number of aryl methyl sites for hydroxylation is 1. The van der Waals surface area contributed by atoms with Crippen LogP contribution < -0.4 is 15.8 Å². The Morgan fingerprint density at radius 1 is 1.15 bits per heavy atom. The first kappa shape index (κ1) is 19.3. The predicted octanol–water partition coefficient (Wildman–Crippen LogP) is 3.39. The Morgan fingerprint density at radius 2 is 1.85 bits per heavy atom. The lowest BCUT2D eigenvalue weighted by Crippen LogP contribution is -2.23. The number of benzene rings is 2. The molecule has 6 nitrogen and oxygen atoms in total. The number of rotatable bonds is 8. The van der Waals surface area contributed by atoms with E-state index in [1.807, 2.05) is 32.0 Å². The van der Waals surface area contributed by atoms with E-state index >= 15 is 0 Å². The van der Waals surface area contributed by atoms with E-state index in [4.69, 9.17) is 20.6 Å². The summed E-state index contributed by atoms with van der Waals surface area (Å²) in [7, 11) is 0. The van der Waals surface area contributed by atoms with Gasteiger partial charge in [0.1, 0.15) is 11.6 Å². The molecule has 0 aliphatic rings. The maximum atomic E-state index is 12.5. The molecule has 0 aromatic heterocycles. The van der Waals surface area contributed by atoms with Gasteiger partial charge in [0.15, 0.2) is 6.04 Å². The molecule has 1 unspecified atom stereocenters. The van der Waals surface area contributed by atoms with E-state index in [1.165, 1.54) is 0 Å². The third kappa shape index (κ3) is 4.99. The minimum absolute atomic E-state index is 0.00136. The number of amidine groups is 1. The number of esters is 1. The minimum Gasteiger partial charge on any atom is -0.494 e. The van der Waals surface area contributed by atoms with Crippen LogP contribution in [0.4, 0.5) is 5.69 Å². The first-order chi connectivity index (χ1) is 12.4. The predicted molar refractivity (Wildman–Crippen MR) is 103 cm³/mol. The van der Waals surface area contributed by atoms with Crippen molar-refractivity contribution in [3.8, 4) is 5.75 Å². The van der Waals surface area contributed by atoms with Crippen molar-refractivity contribution in [2.75, 3.05) is 18.5 Å². The van der Waals surface area contributed by atoms with Crippen LogP contribution in [0.3, 0.4) is 0 Å². The average molecular weight is 355 g/mol. The van der Waals surface area contributed by atoms with E-state index in [1.54, 1.807) is 31.2 Å². The van der Waals surface area contributed by atoms with Crippen molar-refractivity contribution in [2.24, 2.45) is 5.73 Å². The number of hydrogen-bond donors (Lipinski definition) is 3. The Morgan fingerprint density at radius 3 is 2.42 bits per heavy atom. The number of ether oxygens (including phenoxy) is 2. The highest BCUT2D eigenvalue weighted by Crippen LogP contribution is 2.26. The molecular formula is C20H25N3O3. The molecular weight excluding hydrogens is 330 g/mol. The Balaban J connectivity index is 2.34. The summed E-state index contributed by atoms with van der Waals surface area (Å²) in [6.45, 7) is 6.49. The van der Waals surface area contributed by atoms with E-state index in [-0.39, 0.29) is 11.8 Å². The van der Waals surface area contributed by atoms with Crippen LogP contribution in [-0.2, 0) is 9.53 Å². The highest BCUT2D eigenvalue weighted by atomic mass is 16.5. The molecule has 0 saturated carbocycles. The molecule has 1 atom stereocenters. The van der Waals surface area contributed by atoms with Crippen LogP contribution >= 0.6 is 0 Å². The Bertz CT molecular complexity index is 772. The molecule has 0 fully saturated rings. The molecule has 138 valence electrons. The summed E-state index contributed by atoms with van der Waals surface area (Å²) in [6, 6.07) is 12.1. The van der Waals surface area contributed by atoms with E-state index in [0.717, 1.165) is 16.8 Å². The molecule has 0 radical (unpaired) electrons. The van der Waals surface area contributed by atoms with Crippen molar-refractivity contribution in [3.05, 3.63) is 59.2 Å². The summed E-state index contributed by atoms with van der Waals surface area (Å²) in [6.07, 6.45) is 0. The molecule has 0 amide bonds. The third-order valence-electron chi connectivity index (χ3n) is 3.75. The zero-order valence-electron chi connectivity index (χ0n) is 15.3. The minimum atomic E-state index is -0.669. The molecule has 2 aromatic rings. The molecule has 0 heterocycles. The Labute approximate surface area is 153 Å². The third-order valence-corrected chi connectivity index (χ3v) is 3.75. The number of nitrogens with two attached hydrogens (primary N) is 1. The Kier molecular flexibility index (Phi) is 6.60. The zero-order valence-corrected chi connectivity index (χ0v) is 15.3. The van der Waals surface area contributed by atoms with Gasteiger partial charge >= 0.3 is 5.97 Å². The summed E-state index contributed by atoms with van der Waals surface area (Å²) in [4.78, 5) is 12.5. The largest absolute Gasteiger partial charge is 0.494 e. The topological polar surface area (TPSA) is 97.4 Å². The molecule has 0 saturated heterocycles. The van der Waals surface area contributed by atoms with Gasteiger partial charge in [-0.25, -0.2) is 4.79 Å². The second kappa shape index (κ2) is 8.89. The number of anilines is 1. The van der Waals surface area contributed by atoms with Crippen LogP contribution in [-0.4, -0.2) is 25.0 Å². The fourth-order valence-electron chi connectivity index (χ4n) is 2.61. The van der Waals surface area contributed by atoms with Gasteiger partial charge in [-0.3, -0.25) is 5.41 Å². The molecule has 4 N–H and O–H groups in total. The first-order valence-electron chi connectivity index (χ1n) is 8.56. The van der Waals surface area contributed by atoms with Gasteiger partial charge in [-0.2, -0.15) is 0 Å². The van der Waals surface area contributed by atoms with Crippen LogP contribution in [0, 0.1) is 12.3 Å². The lowest BCUT2D eigenvalue weighted by Gasteiger charge is -2.20. The molecule has 0 aliphatic carbocycles. The van der Waals surface area contributed by atoms with Gasteiger partial charge in [0, 0.05) is 11.3 Å². The van der Waals surface area contributed by atoms with Gasteiger partial charge in [-0.1, -0.05) is 6.07 Å². The maximum Gasteiger partial charge on any atom is 0.333 e. The quantitative estimate of drug-likeness (QED) is 0.383. The first-order valence-corrected chi connectivity index (χ1v) is 8.56. The van der Waals surface area contributed by atoms with E-state index in [9.17, 15) is 4.79 Å². The van der Waals surface area contributed by atoms with Crippen LogP contribution in [0.2, 0.25) is 0 Å². The van der Waals surface area contributed by atoms with Crippen LogP contribution in [0.15, 0.2) is 42.5 Å². The van der Waals surface area contributed by atoms with Crippen LogP contribution in [0.5, 0.6) is 5.75 Å². The highest BCUT2D eigenvalue weighted by Gasteiger charge is 2.23. The fourth-order valence-corrected chi connectivity index (χ4v) is 2.61. The van der Waals surface area contributed by atoms with Crippen molar-refractivity contribution in [2.45, 2.75) is 26.8 Å². The lowest BCUT2D eigenvalue weighted by atomic mass is 10.0. The number of nitrogen functional groups attached to an aromatic ring is 1. The molecule has 26 heavy (non-hydrogen) atoms. The van der Waals surface area contributed by atoms with Gasteiger partial charge in [0.2, 0.25) is 0 Å². The van der Waals surface area contributed by atoms with Gasteiger partial charge < -0.3 is 20.5 Å². The number of carbonyl (C=O) groups excluding carboxylic acids is 1. The summed E-state index contributed by atoms with van der Waals surface area (Å²) in [5, 5.41) is 10.7. The van der Waals surface area contributed by atoms with Gasteiger partial charge in [0.25, 0.3) is 0 Å². The Hall–Kier alpha value is -3.02. The van der Waals surface area contributed by atoms with Crippen molar-refractivity contribution in [3.63, 3.8) is 0 Å². The van der Waals surface area contributed by atoms with E-state index < -0.39 is 6.04 Å². The molecule has 2 rings (SSSR count). The highest BCUT2D eigenvalue weighted by molar-refractivity contribution is 5.95. The summed E-state index contributed by atoms with van der Waals surface area (Å²) in [5.41, 5.74) is 8.59. The van der Waals surface area contributed by atoms with Gasteiger partial charge in [-0.15, -0.1) is 0 Å². The van der Waals surface area contributed by atoms with Crippen molar-refractivity contribution in [1.82, 2.24) is 0 Å². The van der Waals surface area contributed by atoms with E-state index in [0.29, 0.717) is 24.5 Å². The summed E-state index contributed by atoms with van der Waals surface area (Å²) in [5.74, 6) is 0.347. The van der Waals surface area contributed by atoms with Gasteiger partial charge in [0.05, 0.1) is 13.2 Å². The normalized spacial score (nSPS) is 11.5. The summed E-state index contributed by atoms with van der Waals surface area (Å²) < 4.78 is 10.8. The lowest BCUT2D eigenvalue weighted by molar-refractivity contribution is -0.144. The monoisotopic (exact) mass is 355 g/mol. The number of hydrogen-bond acceptors (Lipinski definition) is 5. The fraction of sp³-hybridized carbons (Fsp3) is 0.300. The van der Waals surface area contributed by atoms with Crippen LogP contribution in [0.25, 0.3) is 0 Å². The zero-order chi connectivity index (χ0) is 19.1. The number of nitrogens with one attached hydrogen (secondary N) is 2. The van der Waals surface area contributed by atoms with Crippen molar-refractivity contribution in [1.29, 1.82) is 5.41 Å². The van der Waals surface area contributed by atoms with Crippen molar-refractivity contribution >= 4 is 17.5 Å². The van der Waals surface area contributed by atoms with Crippen molar-refractivity contribution < 1.29 is 14.3 Å². The second-order valence-corrected chi connectivity index (χ2v) is 5.83.